The van der Waals surface area contributed by atoms with Gasteiger partial charge in [0.2, 0.25) is 0 Å². The van der Waals surface area contributed by atoms with Gasteiger partial charge < -0.3 is 4.74 Å². The molecule has 7 nitrogen and oxygen atoms in total. The van der Waals surface area contributed by atoms with E-state index in [-0.39, 0.29) is 5.56 Å². The number of aryl methyl sites for hydroxylation is 1. The van der Waals surface area contributed by atoms with Gasteiger partial charge in [0.05, 0.1) is 18.0 Å². The summed E-state index contributed by atoms with van der Waals surface area (Å²) in [6, 6.07) is 10.7. The number of fused-ring (bicyclic) bond motifs is 1. The first-order valence-corrected chi connectivity index (χ1v) is 8.92. The van der Waals surface area contributed by atoms with Crippen molar-refractivity contribution in [2.45, 2.75) is 20.1 Å². The molecule has 0 aliphatic carbocycles. The average Bonchev–Trinajstić information content (AvgIpc) is 3.28. The molecule has 0 unspecified atom stereocenters. The van der Waals surface area contributed by atoms with Crippen LogP contribution in [0.1, 0.15) is 12.6 Å². The number of aromatic nitrogens is 5. The lowest BCUT2D eigenvalue weighted by Gasteiger charge is -2.04. The number of ether oxygens (including phenoxy) is 1. The van der Waals surface area contributed by atoms with E-state index in [1.165, 1.54) is 10.6 Å². The van der Waals surface area contributed by atoms with Crippen LogP contribution in [-0.4, -0.2) is 31.5 Å². The van der Waals surface area contributed by atoms with Gasteiger partial charge in [0, 0.05) is 36.5 Å². The smallest absolute Gasteiger partial charge is 0.273 e. The Morgan fingerprint density at radius 1 is 1.19 bits per heavy atom. The van der Waals surface area contributed by atoms with Crippen LogP contribution in [0.2, 0.25) is 5.02 Å². The molecule has 0 aliphatic rings. The molecule has 3 aromatic heterocycles. The molecule has 27 heavy (non-hydrogen) atoms. The number of benzene rings is 1. The second-order valence-corrected chi connectivity index (χ2v) is 6.54. The van der Waals surface area contributed by atoms with Crippen LogP contribution in [0.3, 0.4) is 0 Å². The summed E-state index contributed by atoms with van der Waals surface area (Å²) in [4.78, 5) is 17.4. The molecule has 0 spiro atoms. The van der Waals surface area contributed by atoms with E-state index in [1.54, 1.807) is 11.8 Å². The van der Waals surface area contributed by atoms with Crippen molar-refractivity contribution in [2.75, 3.05) is 7.11 Å². The van der Waals surface area contributed by atoms with E-state index >= 15 is 0 Å². The molecule has 4 aromatic rings. The van der Waals surface area contributed by atoms with Crippen LogP contribution in [0.4, 0.5) is 0 Å². The summed E-state index contributed by atoms with van der Waals surface area (Å²) in [5, 5.41) is 8.20. The molecule has 8 heteroatoms. The van der Waals surface area contributed by atoms with Crippen LogP contribution in [0.15, 0.2) is 47.4 Å². The minimum Gasteiger partial charge on any atom is -0.378 e. The van der Waals surface area contributed by atoms with Crippen molar-refractivity contribution < 1.29 is 4.74 Å². The lowest BCUT2D eigenvalue weighted by molar-refractivity contribution is 0.181. The number of rotatable bonds is 5. The molecule has 1 N–H and O–H groups in total. The van der Waals surface area contributed by atoms with Gasteiger partial charge in [-0.15, -0.1) is 0 Å². The van der Waals surface area contributed by atoms with Crippen molar-refractivity contribution in [3.05, 3.63) is 63.7 Å². The molecule has 138 valence electrons. The summed E-state index contributed by atoms with van der Waals surface area (Å²) in [7, 11) is 1.61. The Kier molecular flexibility index (Phi) is 4.55. The molecular formula is C19H18ClN5O2. The Morgan fingerprint density at radius 2 is 1.96 bits per heavy atom. The fraction of sp³-hybridized carbons (Fsp3) is 0.211. The number of nitrogens with zero attached hydrogens (tertiary/aromatic N) is 4. The van der Waals surface area contributed by atoms with Gasteiger partial charge in [-0.1, -0.05) is 23.7 Å². The maximum atomic E-state index is 12.7. The predicted molar refractivity (Wildman–Crippen MR) is 104 cm³/mol. The van der Waals surface area contributed by atoms with Gasteiger partial charge in [0.15, 0.2) is 5.65 Å². The summed E-state index contributed by atoms with van der Waals surface area (Å²) < 4.78 is 8.53. The third-order valence-electron chi connectivity index (χ3n) is 4.34. The SMILES string of the molecule is CCn1ccc(-c2cc(=O)n3[nH]c(COC)c(-c4ccc(Cl)cc4)c3n2)n1. The number of nitrogens with one attached hydrogen (secondary N) is 1. The fourth-order valence-corrected chi connectivity index (χ4v) is 3.18. The molecule has 4 rings (SSSR count). The fourth-order valence-electron chi connectivity index (χ4n) is 3.06. The Labute approximate surface area is 160 Å². The zero-order chi connectivity index (χ0) is 19.0. The van der Waals surface area contributed by atoms with E-state index in [9.17, 15) is 4.79 Å². The van der Waals surface area contributed by atoms with Gasteiger partial charge in [0.1, 0.15) is 5.69 Å². The highest BCUT2D eigenvalue weighted by Crippen LogP contribution is 2.29. The van der Waals surface area contributed by atoms with Crippen LogP contribution < -0.4 is 5.56 Å². The van der Waals surface area contributed by atoms with Crippen molar-refractivity contribution in [3.63, 3.8) is 0 Å². The molecule has 0 amide bonds. The molecule has 0 saturated heterocycles. The molecule has 0 fully saturated rings. The summed E-state index contributed by atoms with van der Waals surface area (Å²) in [6.45, 7) is 3.07. The topological polar surface area (TPSA) is 77.2 Å². The van der Waals surface area contributed by atoms with E-state index in [4.69, 9.17) is 21.3 Å². The monoisotopic (exact) mass is 383 g/mol. The Hall–Kier alpha value is -2.90. The molecule has 0 saturated carbocycles. The zero-order valence-corrected chi connectivity index (χ0v) is 15.7. The minimum absolute atomic E-state index is 0.210. The Balaban J connectivity index is 1.97. The summed E-state index contributed by atoms with van der Waals surface area (Å²) in [5.74, 6) is 0. The number of aromatic amines is 1. The third kappa shape index (κ3) is 3.15. The van der Waals surface area contributed by atoms with E-state index in [2.05, 4.69) is 10.2 Å². The maximum absolute atomic E-state index is 12.7. The van der Waals surface area contributed by atoms with E-state index < -0.39 is 0 Å². The van der Waals surface area contributed by atoms with Crippen LogP contribution >= 0.6 is 11.6 Å². The van der Waals surface area contributed by atoms with Gasteiger partial charge in [-0.05, 0) is 30.7 Å². The highest BCUT2D eigenvalue weighted by atomic mass is 35.5. The third-order valence-corrected chi connectivity index (χ3v) is 4.59. The second-order valence-electron chi connectivity index (χ2n) is 6.10. The highest BCUT2D eigenvalue weighted by Gasteiger charge is 2.18. The molecular weight excluding hydrogens is 366 g/mol. The van der Waals surface area contributed by atoms with E-state index in [0.29, 0.717) is 28.7 Å². The molecule has 3 heterocycles. The summed E-state index contributed by atoms with van der Waals surface area (Å²) >= 11 is 6.02. The van der Waals surface area contributed by atoms with Crippen molar-refractivity contribution in [1.29, 1.82) is 0 Å². The van der Waals surface area contributed by atoms with Crippen LogP contribution in [0.25, 0.3) is 28.2 Å². The van der Waals surface area contributed by atoms with Crippen LogP contribution in [0.5, 0.6) is 0 Å². The Morgan fingerprint density at radius 3 is 2.63 bits per heavy atom. The first-order chi connectivity index (χ1) is 13.1. The van der Waals surface area contributed by atoms with Crippen molar-refractivity contribution in [1.82, 2.24) is 24.4 Å². The van der Waals surface area contributed by atoms with Gasteiger partial charge in [-0.3, -0.25) is 14.6 Å². The first kappa shape index (κ1) is 17.5. The average molecular weight is 384 g/mol. The number of hydrogen-bond donors (Lipinski definition) is 1. The van der Waals surface area contributed by atoms with Gasteiger partial charge in [-0.2, -0.15) is 5.10 Å². The van der Waals surface area contributed by atoms with Gasteiger partial charge >= 0.3 is 0 Å². The standard InChI is InChI=1S/C19H18ClN5O2/c1-3-24-9-8-14(22-24)15-10-17(26)25-19(21-15)18(16(23-25)11-27-2)12-4-6-13(20)7-5-12/h4-10,23H,3,11H2,1-2H3. The van der Waals surface area contributed by atoms with Crippen molar-refractivity contribution in [2.24, 2.45) is 0 Å². The normalized spacial score (nSPS) is 11.4. The minimum atomic E-state index is -0.210. The maximum Gasteiger partial charge on any atom is 0.273 e. The number of halogens is 1. The Bertz CT molecular complexity index is 1160. The molecule has 0 aliphatic heterocycles. The quantitative estimate of drug-likeness (QED) is 0.573. The predicted octanol–water partition coefficient (Wildman–Crippen LogP) is 3.37. The molecule has 0 atom stereocenters. The van der Waals surface area contributed by atoms with Crippen LogP contribution in [-0.2, 0) is 17.9 Å². The summed E-state index contributed by atoms with van der Waals surface area (Å²) in [6.07, 6.45) is 1.87. The zero-order valence-electron chi connectivity index (χ0n) is 14.9. The molecule has 0 bridgehead atoms. The van der Waals surface area contributed by atoms with Gasteiger partial charge in [0.25, 0.3) is 5.56 Å². The van der Waals surface area contributed by atoms with E-state index in [1.807, 2.05) is 43.5 Å². The lowest BCUT2D eigenvalue weighted by Crippen LogP contribution is -2.14. The van der Waals surface area contributed by atoms with Crippen molar-refractivity contribution >= 4 is 17.2 Å². The molecule has 0 radical (unpaired) electrons. The number of H-pyrrole nitrogens is 1. The first-order valence-electron chi connectivity index (χ1n) is 8.54. The largest absolute Gasteiger partial charge is 0.378 e. The highest BCUT2D eigenvalue weighted by molar-refractivity contribution is 6.30. The molecule has 1 aromatic carbocycles. The van der Waals surface area contributed by atoms with E-state index in [0.717, 1.165) is 23.4 Å². The second kappa shape index (κ2) is 7.02. The van der Waals surface area contributed by atoms with Crippen molar-refractivity contribution in [3.8, 4) is 22.5 Å². The lowest BCUT2D eigenvalue weighted by atomic mass is 10.1. The summed E-state index contributed by atoms with van der Waals surface area (Å²) in [5.41, 5.74) is 3.98. The van der Waals surface area contributed by atoms with Crippen LogP contribution in [0, 0.1) is 0 Å². The van der Waals surface area contributed by atoms with Gasteiger partial charge in [-0.25, -0.2) is 9.50 Å². The number of hydrogen-bond acceptors (Lipinski definition) is 4. The number of methoxy groups -OCH3 is 1.